The molecule has 0 radical (unpaired) electrons. The lowest BCUT2D eigenvalue weighted by molar-refractivity contribution is 0.0527. The van der Waals surface area contributed by atoms with Crippen LogP contribution in [0.3, 0.4) is 0 Å². The first-order valence-electron chi connectivity index (χ1n) is 9.34. The zero-order valence-electron chi connectivity index (χ0n) is 17.1. The molecular formula is C21H19N3O4S3. The van der Waals surface area contributed by atoms with Crippen molar-refractivity contribution < 1.29 is 19.1 Å². The molecular weight excluding hydrogens is 454 g/mol. The lowest BCUT2D eigenvalue weighted by atomic mass is 10.1. The monoisotopic (exact) mass is 473 g/mol. The van der Waals surface area contributed by atoms with Gasteiger partial charge in [-0.15, -0.1) is 34.0 Å². The van der Waals surface area contributed by atoms with Crippen molar-refractivity contribution >= 4 is 56.5 Å². The summed E-state index contributed by atoms with van der Waals surface area (Å²) in [5, 5.41) is 17.4. The molecule has 0 fully saturated rings. The minimum atomic E-state index is -0.546. The van der Waals surface area contributed by atoms with Gasteiger partial charge in [0.1, 0.15) is 26.5 Å². The van der Waals surface area contributed by atoms with Crippen molar-refractivity contribution in [3.8, 4) is 16.6 Å². The number of nitrogens with one attached hydrogen (secondary N) is 1. The Balaban J connectivity index is 1.93. The van der Waals surface area contributed by atoms with E-state index >= 15 is 0 Å². The van der Waals surface area contributed by atoms with E-state index in [0.717, 1.165) is 21.9 Å². The number of thiazole rings is 1. The van der Waals surface area contributed by atoms with E-state index in [-0.39, 0.29) is 18.8 Å². The Labute approximate surface area is 191 Å². The third-order valence-electron chi connectivity index (χ3n) is 4.06. The van der Waals surface area contributed by atoms with Crippen molar-refractivity contribution in [2.45, 2.75) is 20.8 Å². The molecule has 3 aromatic heterocycles. The van der Waals surface area contributed by atoms with Gasteiger partial charge in [-0.1, -0.05) is 6.07 Å². The SMILES string of the molecule is CCOC(=O)c1sc(N/C=C(\C#N)c2nc(-c3cccs3)cs2)c(C(=O)OCC)c1C. The third-order valence-corrected chi connectivity index (χ3v) is 7.03. The molecule has 0 amide bonds. The number of aromatic nitrogens is 1. The highest BCUT2D eigenvalue weighted by atomic mass is 32.1. The van der Waals surface area contributed by atoms with E-state index in [1.165, 1.54) is 17.5 Å². The standard InChI is InChI=1S/C21H19N3O4S3/c1-4-27-20(25)16-12(3)17(21(26)28-5-2)31-19(16)23-10-13(9-22)18-24-14(11-30-18)15-7-6-8-29-15/h6-8,10-11,23H,4-5H2,1-3H3/b13-10+. The van der Waals surface area contributed by atoms with Crippen LogP contribution < -0.4 is 5.32 Å². The first-order valence-corrected chi connectivity index (χ1v) is 11.9. The number of carbonyl (C=O) groups is 2. The van der Waals surface area contributed by atoms with E-state index in [1.54, 1.807) is 32.1 Å². The van der Waals surface area contributed by atoms with Crippen molar-refractivity contribution in [3.63, 3.8) is 0 Å². The van der Waals surface area contributed by atoms with Gasteiger partial charge in [0, 0.05) is 11.6 Å². The van der Waals surface area contributed by atoms with Gasteiger partial charge in [0.15, 0.2) is 0 Å². The number of ether oxygens (including phenoxy) is 2. The normalized spacial score (nSPS) is 11.1. The molecule has 3 heterocycles. The summed E-state index contributed by atoms with van der Waals surface area (Å²) in [6.07, 6.45) is 1.49. The molecule has 0 aliphatic rings. The predicted molar refractivity (Wildman–Crippen MR) is 124 cm³/mol. The van der Waals surface area contributed by atoms with Crippen molar-refractivity contribution in [2.75, 3.05) is 18.5 Å². The molecule has 0 aliphatic heterocycles. The first-order chi connectivity index (χ1) is 15.0. The van der Waals surface area contributed by atoms with Crippen molar-refractivity contribution in [2.24, 2.45) is 0 Å². The van der Waals surface area contributed by atoms with E-state index in [0.29, 0.717) is 26.0 Å². The molecule has 10 heteroatoms. The van der Waals surface area contributed by atoms with Crippen LogP contribution in [0.15, 0.2) is 29.1 Å². The fraction of sp³-hybridized carbons (Fsp3) is 0.238. The molecule has 3 aromatic rings. The molecule has 3 rings (SSSR count). The van der Waals surface area contributed by atoms with Gasteiger partial charge in [0.05, 0.1) is 29.3 Å². The van der Waals surface area contributed by atoms with Gasteiger partial charge in [-0.25, -0.2) is 14.6 Å². The molecule has 0 unspecified atom stereocenters. The van der Waals surface area contributed by atoms with Crippen LogP contribution in [0.25, 0.3) is 16.1 Å². The molecule has 0 atom stereocenters. The highest BCUT2D eigenvalue weighted by Crippen LogP contribution is 2.35. The van der Waals surface area contributed by atoms with Crippen LogP contribution in [0.5, 0.6) is 0 Å². The second-order valence-corrected chi connectivity index (χ2v) is 8.86. The van der Waals surface area contributed by atoms with Gasteiger partial charge in [0.2, 0.25) is 0 Å². The second-order valence-electron chi connectivity index (χ2n) is 6.03. The number of nitriles is 1. The van der Waals surface area contributed by atoms with Crippen LogP contribution in [-0.2, 0) is 9.47 Å². The Hall–Kier alpha value is -3.00. The van der Waals surface area contributed by atoms with Crippen LogP contribution in [0.4, 0.5) is 5.00 Å². The van der Waals surface area contributed by atoms with Crippen molar-refractivity contribution in [3.05, 3.63) is 50.1 Å². The molecule has 0 bridgehead atoms. The van der Waals surface area contributed by atoms with Gasteiger partial charge in [-0.3, -0.25) is 0 Å². The van der Waals surface area contributed by atoms with Gasteiger partial charge < -0.3 is 14.8 Å². The van der Waals surface area contributed by atoms with Gasteiger partial charge in [-0.2, -0.15) is 5.26 Å². The number of hydrogen-bond donors (Lipinski definition) is 1. The Morgan fingerprint density at radius 1 is 1.23 bits per heavy atom. The van der Waals surface area contributed by atoms with Gasteiger partial charge in [-0.05, 0) is 37.8 Å². The van der Waals surface area contributed by atoms with Crippen LogP contribution in [-0.4, -0.2) is 30.1 Å². The number of thiophene rings is 2. The number of nitrogens with zero attached hydrogens (tertiary/aromatic N) is 2. The summed E-state index contributed by atoms with van der Waals surface area (Å²) >= 11 is 4.01. The minimum absolute atomic E-state index is 0.201. The van der Waals surface area contributed by atoms with Crippen LogP contribution in [0.1, 0.15) is 44.4 Å². The Morgan fingerprint density at radius 2 is 1.97 bits per heavy atom. The Morgan fingerprint density at radius 3 is 2.61 bits per heavy atom. The average Bonchev–Trinajstić information content (AvgIpc) is 3.49. The summed E-state index contributed by atoms with van der Waals surface area (Å²) in [6.45, 7) is 5.52. The highest BCUT2D eigenvalue weighted by molar-refractivity contribution is 7.18. The molecule has 0 spiro atoms. The lowest BCUT2D eigenvalue weighted by Crippen LogP contribution is -2.09. The zero-order chi connectivity index (χ0) is 22.4. The summed E-state index contributed by atoms with van der Waals surface area (Å²) < 4.78 is 10.2. The maximum atomic E-state index is 12.5. The number of anilines is 1. The lowest BCUT2D eigenvalue weighted by Gasteiger charge is -2.05. The number of esters is 2. The fourth-order valence-electron chi connectivity index (χ4n) is 2.67. The highest BCUT2D eigenvalue weighted by Gasteiger charge is 2.26. The van der Waals surface area contributed by atoms with Crippen molar-refractivity contribution in [1.82, 2.24) is 4.98 Å². The minimum Gasteiger partial charge on any atom is -0.462 e. The topological polar surface area (TPSA) is 101 Å². The van der Waals surface area contributed by atoms with Gasteiger partial charge >= 0.3 is 11.9 Å². The Kier molecular flexibility index (Phi) is 7.57. The zero-order valence-corrected chi connectivity index (χ0v) is 19.5. The van der Waals surface area contributed by atoms with Crippen LogP contribution >= 0.6 is 34.0 Å². The average molecular weight is 474 g/mol. The smallest absolute Gasteiger partial charge is 0.348 e. The van der Waals surface area contributed by atoms with E-state index in [9.17, 15) is 14.9 Å². The molecule has 1 N–H and O–H groups in total. The summed E-state index contributed by atoms with van der Waals surface area (Å²) in [6, 6.07) is 6.04. The van der Waals surface area contributed by atoms with E-state index in [1.807, 2.05) is 22.9 Å². The number of carbonyl (C=O) groups excluding carboxylic acids is 2. The van der Waals surface area contributed by atoms with Crippen LogP contribution in [0.2, 0.25) is 0 Å². The number of hydrogen-bond acceptors (Lipinski definition) is 10. The molecule has 31 heavy (non-hydrogen) atoms. The summed E-state index contributed by atoms with van der Waals surface area (Å²) in [7, 11) is 0. The van der Waals surface area contributed by atoms with Gasteiger partial charge in [0.25, 0.3) is 0 Å². The molecule has 0 saturated carbocycles. The Bertz CT molecular complexity index is 1150. The first kappa shape index (κ1) is 22.7. The maximum absolute atomic E-state index is 12.5. The fourth-order valence-corrected chi connectivity index (χ4v) is 5.27. The summed E-state index contributed by atoms with van der Waals surface area (Å²) in [4.78, 5) is 30.6. The largest absolute Gasteiger partial charge is 0.462 e. The van der Waals surface area contributed by atoms with E-state index in [4.69, 9.17) is 9.47 Å². The summed E-state index contributed by atoms with van der Waals surface area (Å²) in [5.41, 5.74) is 1.85. The van der Waals surface area contributed by atoms with Crippen molar-refractivity contribution in [1.29, 1.82) is 5.26 Å². The second kappa shape index (κ2) is 10.3. The molecule has 0 aliphatic carbocycles. The number of rotatable bonds is 8. The molecule has 7 nitrogen and oxygen atoms in total. The summed E-state index contributed by atoms with van der Waals surface area (Å²) in [5.74, 6) is -1.05. The quantitative estimate of drug-likeness (QED) is 0.337. The van der Waals surface area contributed by atoms with Crippen LogP contribution in [0, 0.1) is 18.3 Å². The predicted octanol–water partition coefficient (Wildman–Crippen LogP) is 5.57. The molecule has 160 valence electrons. The number of allylic oxidation sites excluding steroid dienone is 1. The maximum Gasteiger partial charge on any atom is 0.348 e. The third kappa shape index (κ3) is 5.02. The molecule has 0 saturated heterocycles. The molecule has 0 aromatic carbocycles. The van der Waals surface area contributed by atoms with E-state index < -0.39 is 11.9 Å². The van der Waals surface area contributed by atoms with E-state index in [2.05, 4.69) is 16.4 Å².